The fourth-order valence-electron chi connectivity index (χ4n) is 5.28. The highest BCUT2D eigenvalue weighted by Crippen LogP contribution is 2.20. The molecule has 0 saturated carbocycles. The van der Waals surface area contributed by atoms with Crippen molar-refractivity contribution in [3.8, 4) is 11.1 Å². The molecule has 0 fully saturated rings. The molecule has 0 aliphatic rings. The molecule has 0 saturated heterocycles. The first-order valence-electron chi connectivity index (χ1n) is 16.4. The van der Waals surface area contributed by atoms with Gasteiger partial charge in [0.1, 0.15) is 18.1 Å². The predicted octanol–water partition coefficient (Wildman–Crippen LogP) is 3.23. The van der Waals surface area contributed by atoms with Crippen molar-refractivity contribution in [3.05, 3.63) is 108 Å². The average molecular weight is 655 g/mol. The smallest absolute Gasteiger partial charge is 0.245 e. The maximum Gasteiger partial charge on any atom is 0.245 e. The number of amides is 4. The number of likely N-dealkylation sites (N-methyl/N-ethyl adjacent to an activating group) is 1. The molecule has 10 nitrogen and oxygen atoms in total. The van der Waals surface area contributed by atoms with Crippen molar-refractivity contribution in [2.45, 2.75) is 76.0 Å². The summed E-state index contributed by atoms with van der Waals surface area (Å²) in [7, 11) is 1.54. The zero-order valence-corrected chi connectivity index (χ0v) is 28.2. The lowest BCUT2D eigenvalue weighted by molar-refractivity contribution is -0.142. The molecule has 0 heterocycles. The molecule has 48 heavy (non-hydrogen) atoms. The van der Waals surface area contributed by atoms with E-state index in [4.69, 9.17) is 17.2 Å². The van der Waals surface area contributed by atoms with Crippen LogP contribution in [0, 0.1) is 0 Å². The molecule has 8 N–H and O–H groups in total. The van der Waals surface area contributed by atoms with Gasteiger partial charge in [0.15, 0.2) is 0 Å². The van der Waals surface area contributed by atoms with E-state index < -0.39 is 47.3 Å². The zero-order valence-electron chi connectivity index (χ0n) is 28.2. The number of nitrogens with zero attached hydrogens (tertiary/aromatic N) is 1. The van der Waals surface area contributed by atoms with Gasteiger partial charge in [0.05, 0.1) is 0 Å². The van der Waals surface area contributed by atoms with Crippen LogP contribution in [0.1, 0.15) is 50.7 Å². The van der Waals surface area contributed by atoms with E-state index in [1.165, 1.54) is 18.0 Å². The highest BCUT2D eigenvalue weighted by Gasteiger charge is 2.34. The quantitative estimate of drug-likeness (QED) is 0.104. The molecule has 0 unspecified atom stereocenters. The van der Waals surface area contributed by atoms with Gasteiger partial charge >= 0.3 is 0 Å². The van der Waals surface area contributed by atoms with Crippen LogP contribution in [0.15, 0.2) is 97.1 Å². The first-order chi connectivity index (χ1) is 22.9. The summed E-state index contributed by atoms with van der Waals surface area (Å²) in [5.74, 6) is -2.10. The standard InChI is InChI=1S/C38H50N6O4/c1-38(2,41)23-12-18-34(45)42-32(25-28-19-21-30(22-20-28)29-15-8-5-9-16-29)37(48)44(3)33(26-27-13-6-4-7-14-27)36(47)43-31(35(40)46)17-10-11-24-39/h4-9,12-16,18-22,31-33H,10-11,17,23-26,39,41H2,1-3H3,(H2,40,46)(H,42,45)(H,43,47)/b18-12+/t31-,32+,33+/m0/s1. The molecule has 0 radical (unpaired) electrons. The third-order valence-electron chi connectivity index (χ3n) is 8.03. The summed E-state index contributed by atoms with van der Waals surface area (Å²) in [5.41, 5.74) is 20.5. The van der Waals surface area contributed by atoms with Gasteiger partial charge in [-0.2, -0.15) is 0 Å². The van der Waals surface area contributed by atoms with Crippen LogP contribution in [0.5, 0.6) is 0 Å². The van der Waals surface area contributed by atoms with Crippen molar-refractivity contribution in [2.24, 2.45) is 17.2 Å². The minimum atomic E-state index is -0.997. The zero-order chi connectivity index (χ0) is 35.1. The van der Waals surface area contributed by atoms with Crippen LogP contribution in [-0.4, -0.2) is 65.8 Å². The van der Waals surface area contributed by atoms with Gasteiger partial charge in [-0.1, -0.05) is 91.0 Å². The maximum absolute atomic E-state index is 14.3. The fraction of sp³-hybridized carbons (Fsp3) is 0.368. The normalized spacial score (nSPS) is 13.4. The van der Waals surface area contributed by atoms with Gasteiger partial charge in [0, 0.05) is 25.4 Å². The second-order valence-electron chi connectivity index (χ2n) is 12.8. The number of hydrogen-bond donors (Lipinski definition) is 5. The number of nitrogens with one attached hydrogen (secondary N) is 2. The fourth-order valence-corrected chi connectivity index (χ4v) is 5.28. The Hall–Kier alpha value is -4.80. The predicted molar refractivity (Wildman–Crippen MR) is 190 cm³/mol. The Morgan fingerprint density at radius 3 is 1.96 bits per heavy atom. The largest absolute Gasteiger partial charge is 0.368 e. The van der Waals surface area contributed by atoms with Crippen LogP contribution in [0.4, 0.5) is 0 Å². The number of benzene rings is 3. The number of rotatable bonds is 18. The molecule has 0 aliphatic carbocycles. The van der Waals surface area contributed by atoms with E-state index in [1.807, 2.05) is 98.8 Å². The second-order valence-corrected chi connectivity index (χ2v) is 12.8. The third kappa shape index (κ3) is 12.4. The molecular weight excluding hydrogens is 604 g/mol. The summed E-state index contributed by atoms with van der Waals surface area (Å²) in [6, 6.07) is 24.1. The van der Waals surface area contributed by atoms with Crippen molar-refractivity contribution in [3.63, 3.8) is 0 Å². The van der Waals surface area contributed by atoms with Crippen LogP contribution >= 0.6 is 0 Å². The number of carbonyl (C=O) groups is 4. The van der Waals surface area contributed by atoms with Gasteiger partial charge in [0.2, 0.25) is 23.6 Å². The SMILES string of the molecule is CN(C(=O)[C@@H](Cc1ccc(-c2ccccc2)cc1)NC(=O)/C=C/CC(C)(C)N)[C@H](Cc1ccccc1)C(=O)N[C@@H](CCCCN)C(N)=O. The third-order valence-corrected chi connectivity index (χ3v) is 8.03. The number of primary amides is 1. The molecule has 0 aromatic heterocycles. The number of unbranched alkanes of at least 4 members (excludes halogenated alkanes) is 1. The van der Waals surface area contributed by atoms with E-state index in [9.17, 15) is 19.2 Å². The van der Waals surface area contributed by atoms with Gasteiger partial charge in [0.25, 0.3) is 0 Å². The van der Waals surface area contributed by atoms with Crippen LogP contribution in [0.25, 0.3) is 11.1 Å². The molecular formula is C38H50N6O4. The summed E-state index contributed by atoms with van der Waals surface area (Å²) in [6.45, 7) is 4.16. The van der Waals surface area contributed by atoms with Gasteiger partial charge in [-0.05, 0) is 74.4 Å². The topological polar surface area (TPSA) is 174 Å². The Labute approximate surface area is 284 Å². The summed E-state index contributed by atoms with van der Waals surface area (Å²) in [5, 5.41) is 5.62. The van der Waals surface area contributed by atoms with E-state index in [1.54, 1.807) is 6.08 Å². The van der Waals surface area contributed by atoms with Crippen LogP contribution < -0.4 is 27.8 Å². The Morgan fingerprint density at radius 2 is 1.38 bits per heavy atom. The van der Waals surface area contributed by atoms with Crippen molar-refractivity contribution in [1.29, 1.82) is 0 Å². The van der Waals surface area contributed by atoms with Crippen molar-refractivity contribution in [2.75, 3.05) is 13.6 Å². The van der Waals surface area contributed by atoms with Crippen molar-refractivity contribution in [1.82, 2.24) is 15.5 Å². The van der Waals surface area contributed by atoms with E-state index in [0.29, 0.717) is 32.2 Å². The lowest BCUT2D eigenvalue weighted by atomic mass is 9.98. The lowest BCUT2D eigenvalue weighted by Crippen LogP contribution is -2.57. The minimum Gasteiger partial charge on any atom is -0.368 e. The Kier molecular flexibility index (Phi) is 14.5. The highest BCUT2D eigenvalue weighted by molar-refractivity contribution is 5.96. The molecule has 3 aromatic rings. The van der Waals surface area contributed by atoms with E-state index in [2.05, 4.69) is 10.6 Å². The highest BCUT2D eigenvalue weighted by atomic mass is 16.2. The Balaban J connectivity index is 1.90. The molecule has 3 atom stereocenters. The lowest BCUT2D eigenvalue weighted by Gasteiger charge is -2.32. The number of nitrogens with two attached hydrogens (primary N) is 3. The summed E-state index contributed by atoms with van der Waals surface area (Å²) in [4.78, 5) is 54.7. The first-order valence-corrected chi connectivity index (χ1v) is 16.4. The van der Waals surface area contributed by atoms with Gasteiger partial charge < -0.3 is 32.7 Å². The summed E-state index contributed by atoms with van der Waals surface area (Å²) in [6.07, 6.45) is 5.49. The maximum atomic E-state index is 14.3. The summed E-state index contributed by atoms with van der Waals surface area (Å²) < 4.78 is 0. The van der Waals surface area contributed by atoms with Gasteiger partial charge in [-0.25, -0.2) is 0 Å². The first kappa shape index (κ1) is 37.7. The molecule has 256 valence electrons. The number of hydrogen-bond acceptors (Lipinski definition) is 6. The van der Waals surface area contributed by atoms with Gasteiger partial charge in [-0.15, -0.1) is 0 Å². The molecule has 10 heteroatoms. The Bertz CT molecular complexity index is 1500. The molecule has 0 spiro atoms. The van der Waals surface area contributed by atoms with Crippen molar-refractivity contribution < 1.29 is 19.2 Å². The molecule has 3 rings (SSSR count). The Morgan fingerprint density at radius 1 is 0.792 bits per heavy atom. The monoisotopic (exact) mass is 654 g/mol. The van der Waals surface area contributed by atoms with Crippen LogP contribution in [-0.2, 0) is 32.0 Å². The second kappa shape index (κ2) is 18.5. The van der Waals surface area contributed by atoms with Gasteiger partial charge in [-0.3, -0.25) is 19.2 Å². The molecule has 4 amide bonds. The minimum absolute atomic E-state index is 0.182. The van der Waals surface area contributed by atoms with Crippen LogP contribution in [0.3, 0.4) is 0 Å². The van der Waals surface area contributed by atoms with E-state index in [0.717, 1.165) is 22.3 Å². The number of carbonyl (C=O) groups excluding carboxylic acids is 4. The average Bonchev–Trinajstić information content (AvgIpc) is 3.06. The summed E-state index contributed by atoms with van der Waals surface area (Å²) >= 11 is 0. The van der Waals surface area contributed by atoms with E-state index in [-0.39, 0.29) is 12.8 Å². The van der Waals surface area contributed by atoms with Crippen molar-refractivity contribution >= 4 is 23.6 Å². The molecule has 0 bridgehead atoms. The molecule has 0 aliphatic heterocycles. The molecule has 3 aromatic carbocycles. The van der Waals surface area contributed by atoms with E-state index >= 15 is 0 Å². The van der Waals surface area contributed by atoms with Crippen LogP contribution in [0.2, 0.25) is 0 Å².